The van der Waals surface area contributed by atoms with E-state index in [0.29, 0.717) is 18.5 Å². The highest BCUT2D eigenvalue weighted by molar-refractivity contribution is 6.00. The average Bonchev–Trinajstić information content (AvgIpc) is 2.69. The fourth-order valence-corrected chi connectivity index (χ4v) is 2.89. The summed E-state index contributed by atoms with van der Waals surface area (Å²) in [5, 5.41) is 3.06. The molecule has 6 nitrogen and oxygen atoms in total. The van der Waals surface area contributed by atoms with E-state index in [2.05, 4.69) is 5.32 Å². The predicted octanol–water partition coefficient (Wildman–Crippen LogP) is 3.93. The molecule has 0 fully saturated rings. The van der Waals surface area contributed by atoms with Crippen LogP contribution in [0.1, 0.15) is 35.9 Å². The van der Waals surface area contributed by atoms with Gasteiger partial charge in [-0.1, -0.05) is 36.4 Å². The lowest BCUT2D eigenvalue weighted by Gasteiger charge is -2.09. The molecule has 0 aliphatic rings. The van der Waals surface area contributed by atoms with Gasteiger partial charge in [-0.3, -0.25) is 9.59 Å². The topological polar surface area (TPSA) is 85.6 Å². The number of carbonyl (C=O) groups is 2. The maximum Gasteiger partial charge on any atom is 0.374 e. The molecule has 0 aliphatic carbocycles. The number of rotatable bonds is 7. The minimum atomic E-state index is -0.717. The van der Waals surface area contributed by atoms with Crippen LogP contribution in [0.25, 0.3) is 11.0 Å². The molecule has 1 aromatic heterocycles. The van der Waals surface area contributed by atoms with Gasteiger partial charge in [-0.05, 0) is 37.5 Å². The fraction of sp³-hybridized carbons (Fsp3) is 0.227. The van der Waals surface area contributed by atoms with Crippen LogP contribution in [0.5, 0.6) is 0 Å². The molecule has 1 heterocycles. The molecule has 0 spiro atoms. The maximum atomic E-state index is 12.3. The number of benzene rings is 2. The lowest BCUT2D eigenvalue weighted by Crippen LogP contribution is -2.14. The van der Waals surface area contributed by atoms with E-state index in [0.717, 1.165) is 12.5 Å². The number of aryl methyl sites for hydroxylation is 1. The van der Waals surface area contributed by atoms with Crippen LogP contribution in [0.15, 0.2) is 63.8 Å². The zero-order valence-corrected chi connectivity index (χ0v) is 15.6. The predicted molar refractivity (Wildman–Crippen MR) is 106 cm³/mol. The first-order valence-electron chi connectivity index (χ1n) is 9.16. The number of amides is 1. The molecule has 1 amide bonds. The molecule has 3 rings (SSSR count). The molecule has 0 saturated heterocycles. The summed E-state index contributed by atoms with van der Waals surface area (Å²) in [7, 11) is 0. The van der Waals surface area contributed by atoms with Crippen LogP contribution in [0.3, 0.4) is 0 Å². The summed E-state index contributed by atoms with van der Waals surface area (Å²) in [6, 6.07) is 15.9. The van der Waals surface area contributed by atoms with Crippen molar-refractivity contribution < 1.29 is 18.7 Å². The van der Waals surface area contributed by atoms with Crippen molar-refractivity contribution in [1.29, 1.82) is 0 Å². The quantitative estimate of drug-likeness (QED) is 0.629. The van der Waals surface area contributed by atoms with Gasteiger partial charge in [0.15, 0.2) is 11.0 Å². The highest BCUT2D eigenvalue weighted by Crippen LogP contribution is 2.23. The van der Waals surface area contributed by atoms with E-state index in [1.165, 1.54) is 5.56 Å². The van der Waals surface area contributed by atoms with Gasteiger partial charge < -0.3 is 14.5 Å². The Morgan fingerprint density at radius 3 is 2.61 bits per heavy atom. The first kappa shape index (κ1) is 19.4. The van der Waals surface area contributed by atoms with Crippen molar-refractivity contribution in [2.24, 2.45) is 0 Å². The Morgan fingerprint density at radius 2 is 1.86 bits per heavy atom. The second kappa shape index (κ2) is 8.99. The van der Waals surface area contributed by atoms with E-state index in [1.807, 2.05) is 30.3 Å². The highest BCUT2D eigenvalue weighted by Gasteiger charge is 2.16. The number of nitrogens with one attached hydrogen (secondary N) is 1. The van der Waals surface area contributed by atoms with Crippen LogP contribution < -0.4 is 10.7 Å². The molecule has 144 valence electrons. The molecule has 3 aromatic rings. The van der Waals surface area contributed by atoms with Gasteiger partial charge in [-0.25, -0.2) is 4.79 Å². The van der Waals surface area contributed by atoms with E-state index in [-0.39, 0.29) is 34.7 Å². The summed E-state index contributed by atoms with van der Waals surface area (Å²) in [5.41, 5.74) is 1.31. The molecule has 2 aromatic carbocycles. The second-order valence-corrected chi connectivity index (χ2v) is 6.26. The molecule has 0 unspecified atom stereocenters. The van der Waals surface area contributed by atoms with Gasteiger partial charge in [-0.2, -0.15) is 0 Å². The Bertz CT molecular complexity index is 1040. The van der Waals surface area contributed by atoms with Crippen molar-refractivity contribution >= 4 is 28.5 Å². The van der Waals surface area contributed by atoms with Gasteiger partial charge in [0.25, 0.3) is 0 Å². The standard InChI is InChI=1S/C22H21NO5/c1-2-27-22(26)19-14-18(24)16-11-7-12-17(21(16)28-19)23-20(25)13-6-10-15-8-4-3-5-9-15/h3-5,7-9,11-12,14H,2,6,10,13H2,1H3,(H,23,25). The van der Waals surface area contributed by atoms with Gasteiger partial charge in [0.05, 0.1) is 17.7 Å². The monoisotopic (exact) mass is 379 g/mol. The molecule has 0 saturated carbocycles. The average molecular weight is 379 g/mol. The third kappa shape index (κ3) is 4.65. The lowest BCUT2D eigenvalue weighted by atomic mass is 10.1. The minimum absolute atomic E-state index is 0.162. The summed E-state index contributed by atoms with van der Waals surface area (Å²) in [6.07, 6.45) is 1.82. The van der Waals surface area contributed by atoms with Crippen molar-refractivity contribution in [1.82, 2.24) is 0 Å². The van der Waals surface area contributed by atoms with Crippen LogP contribution in [0.2, 0.25) is 0 Å². The number of ether oxygens (including phenoxy) is 1. The van der Waals surface area contributed by atoms with E-state index in [4.69, 9.17) is 9.15 Å². The number of hydrogen-bond acceptors (Lipinski definition) is 5. The zero-order valence-electron chi connectivity index (χ0n) is 15.6. The molecular weight excluding hydrogens is 358 g/mol. The summed E-state index contributed by atoms with van der Waals surface area (Å²) < 4.78 is 10.5. The van der Waals surface area contributed by atoms with Gasteiger partial charge in [-0.15, -0.1) is 0 Å². The summed E-state index contributed by atoms with van der Waals surface area (Å²) in [4.78, 5) is 36.5. The van der Waals surface area contributed by atoms with Crippen LogP contribution >= 0.6 is 0 Å². The number of fused-ring (bicyclic) bond motifs is 1. The smallest absolute Gasteiger partial charge is 0.374 e. The largest absolute Gasteiger partial charge is 0.460 e. The van der Waals surface area contributed by atoms with Crippen molar-refractivity contribution in [3.05, 3.63) is 76.1 Å². The Morgan fingerprint density at radius 1 is 1.07 bits per heavy atom. The number of para-hydroxylation sites is 1. The minimum Gasteiger partial charge on any atom is -0.460 e. The number of carbonyl (C=O) groups excluding carboxylic acids is 2. The van der Waals surface area contributed by atoms with E-state index >= 15 is 0 Å². The number of esters is 1. The van der Waals surface area contributed by atoms with Crippen LogP contribution in [-0.4, -0.2) is 18.5 Å². The van der Waals surface area contributed by atoms with E-state index < -0.39 is 5.97 Å². The van der Waals surface area contributed by atoms with Gasteiger partial charge in [0.1, 0.15) is 0 Å². The summed E-state index contributed by atoms with van der Waals surface area (Å²) in [5.74, 6) is -1.09. The summed E-state index contributed by atoms with van der Waals surface area (Å²) in [6.45, 7) is 1.83. The molecule has 0 radical (unpaired) electrons. The molecule has 0 aliphatic heterocycles. The van der Waals surface area contributed by atoms with E-state index in [9.17, 15) is 14.4 Å². The van der Waals surface area contributed by atoms with E-state index in [1.54, 1.807) is 25.1 Å². The fourth-order valence-electron chi connectivity index (χ4n) is 2.89. The zero-order chi connectivity index (χ0) is 19.9. The molecular formula is C22H21NO5. The first-order valence-corrected chi connectivity index (χ1v) is 9.16. The Kier molecular flexibility index (Phi) is 6.22. The van der Waals surface area contributed by atoms with Crippen LogP contribution in [0, 0.1) is 0 Å². The van der Waals surface area contributed by atoms with Gasteiger partial charge >= 0.3 is 5.97 Å². The van der Waals surface area contributed by atoms with Gasteiger partial charge in [0.2, 0.25) is 11.7 Å². The Hall–Kier alpha value is -3.41. The van der Waals surface area contributed by atoms with Gasteiger partial charge in [0, 0.05) is 12.5 Å². The normalized spacial score (nSPS) is 10.6. The Balaban J connectivity index is 1.75. The first-order chi connectivity index (χ1) is 13.6. The number of hydrogen-bond donors (Lipinski definition) is 1. The summed E-state index contributed by atoms with van der Waals surface area (Å²) >= 11 is 0. The van der Waals surface area contributed by atoms with Crippen LogP contribution in [-0.2, 0) is 16.0 Å². The molecule has 6 heteroatoms. The number of anilines is 1. The van der Waals surface area contributed by atoms with Crippen LogP contribution in [0.4, 0.5) is 5.69 Å². The molecule has 28 heavy (non-hydrogen) atoms. The van der Waals surface area contributed by atoms with Crippen molar-refractivity contribution in [2.75, 3.05) is 11.9 Å². The third-order valence-electron chi connectivity index (χ3n) is 4.22. The molecule has 1 N–H and O–H groups in total. The SMILES string of the molecule is CCOC(=O)c1cc(=O)c2cccc(NC(=O)CCCc3ccccc3)c2o1. The molecule has 0 bridgehead atoms. The second-order valence-electron chi connectivity index (χ2n) is 6.26. The van der Waals surface area contributed by atoms with Crippen molar-refractivity contribution in [2.45, 2.75) is 26.2 Å². The lowest BCUT2D eigenvalue weighted by molar-refractivity contribution is -0.116. The Labute approximate surface area is 162 Å². The molecule has 0 atom stereocenters. The van der Waals surface area contributed by atoms with Crippen molar-refractivity contribution in [3.8, 4) is 0 Å². The van der Waals surface area contributed by atoms with Crippen molar-refractivity contribution in [3.63, 3.8) is 0 Å². The third-order valence-corrected chi connectivity index (χ3v) is 4.22. The highest BCUT2D eigenvalue weighted by atomic mass is 16.5. The maximum absolute atomic E-state index is 12.3.